The lowest BCUT2D eigenvalue weighted by atomic mass is 10.0. The van der Waals surface area contributed by atoms with Gasteiger partial charge in [-0.3, -0.25) is 10.00 Å². The molecule has 1 aliphatic heterocycles. The molecule has 1 aromatic heterocycles. The predicted molar refractivity (Wildman–Crippen MR) is 74.7 cm³/mol. The van der Waals surface area contributed by atoms with Gasteiger partial charge in [-0.05, 0) is 31.4 Å². The SMILES string of the molecule is c1ccc(CCN2CCCCC2c2ncn[nH]2)cc1. The number of benzene rings is 1. The Bertz CT molecular complexity index is 480. The van der Waals surface area contributed by atoms with Gasteiger partial charge in [0.15, 0.2) is 0 Å². The van der Waals surface area contributed by atoms with E-state index in [1.54, 1.807) is 6.33 Å². The van der Waals surface area contributed by atoms with Crippen molar-refractivity contribution in [2.45, 2.75) is 31.7 Å². The van der Waals surface area contributed by atoms with Gasteiger partial charge in [0.2, 0.25) is 0 Å². The molecule has 2 aromatic rings. The average Bonchev–Trinajstić information content (AvgIpc) is 3.01. The van der Waals surface area contributed by atoms with Crippen molar-refractivity contribution in [3.05, 3.63) is 48.0 Å². The number of H-pyrrole nitrogens is 1. The average molecular weight is 256 g/mol. The van der Waals surface area contributed by atoms with E-state index >= 15 is 0 Å². The van der Waals surface area contributed by atoms with Crippen molar-refractivity contribution in [2.75, 3.05) is 13.1 Å². The summed E-state index contributed by atoms with van der Waals surface area (Å²) < 4.78 is 0. The fourth-order valence-corrected chi connectivity index (χ4v) is 2.86. The van der Waals surface area contributed by atoms with E-state index in [1.165, 1.54) is 24.8 Å². The summed E-state index contributed by atoms with van der Waals surface area (Å²) >= 11 is 0. The van der Waals surface area contributed by atoms with Crippen LogP contribution in [-0.2, 0) is 6.42 Å². The molecule has 4 heteroatoms. The lowest BCUT2D eigenvalue weighted by Gasteiger charge is -2.34. The Labute approximate surface area is 113 Å². The molecule has 1 aliphatic rings. The Balaban J connectivity index is 1.64. The molecule has 0 aliphatic carbocycles. The first-order valence-corrected chi connectivity index (χ1v) is 7.07. The molecule has 3 rings (SSSR count). The molecule has 1 atom stereocenters. The first kappa shape index (κ1) is 12.4. The van der Waals surface area contributed by atoms with Gasteiger partial charge >= 0.3 is 0 Å². The molecule has 19 heavy (non-hydrogen) atoms. The molecule has 0 bridgehead atoms. The van der Waals surface area contributed by atoms with Crippen LogP contribution in [0.4, 0.5) is 0 Å². The minimum atomic E-state index is 0.417. The van der Waals surface area contributed by atoms with Crippen LogP contribution in [0.2, 0.25) is 0 Å². The molecule has 1 unspecified atom stereocenters. The van der Waals surface area contributed by atoms with Crippen molar-refractivity contribution >= 4 is 0 Å². The van der Waals surface area contributed by atoms with E-state index in [0.29, 0.717) is 6.04 Å². The lowest BCUT2D eigenvalue weighted by molar-refractivity contribution is 0.144. The van der Waals surface area contributed by atoms with Crippen molar-refractivity contribution in [3.63, 3.8) is 0 Å². The molecular formula is C15H20N4. The second-order valence-electron chi connectivity index (χ2n) is 5.15. The molecule has 0 saturated carbocycles. The Morgan fingerprint density at radius 3 is 2.89 bits per heavy atom. The Hall–Kier alpha value is -1.68. The van der Waals surface area contributed by atoms with Crippen LogP contribution in [0.3, 0.4) is 0 Å². The summed E-state index contributed by atoms with van der Waals surface area (Å²) in [5.41, 5.74) is 1.41. The van der Waals surface area contributed by atoms with E-state index < -0.39 is 0 Å². The second-order valence-corrected chi connectivity index (χ2v) is 5.15. The number of hydrogen-bond acceptors (Lipinski definition) is 3. The van der Waals surface area contributed by atoms with Crippen LogP contribution in [0.25, 0.3) is 0 Å². The zero-order valence-electron chi connectivity index (χ0n) is 11.1. The third-order valence-electron chi connectivity index (χ3n) is 3.89. The highest BCUT2D eigenvalue weighted by Crippen LogP contribution is 2.28. The summed E-state index contributed by atoms with van der Waals surface area (Å²) in [6, 6.07) is 11.1. The smallest absolute Gasteiger partial charge is 0.141 e. The minimum Gasteiger partial charge on any atom is -0.293 e. The fraction of sp³-hybridized carbons (Fsp3) is 0.467. The maximum Gasteiger partial charge on any atom is 0.141 e. The number of rotatable bonds is 4. The standard InChI is InChI=1S/C15H20N4/c1-2-6-13(7-3-1)9-11-19-10-5-4-8-14(19)15-16-12-17-18-15/h1-3,6-7,12,14H,4-5,8-11H2,(H,16,17,18). The van der Waals surface area contributed by atoms with Crippen LogP contribution in [0.5, 0.6) is 0 Å². The maximum absolute atomic E-state index is 4.34. The van der Waals surface area contributed by atoms with Crippen LogP contribution in [0.1, 0.15) is 36.7 Å². The number of nitrogens with zero attached hydrogens (tertiary/aromatic N) is 3. The van der Waals surface area contributed by atoms with Gasteiger partial charge in [-0.2, -0.15) is 5.10 Å². The van der Waals surface area contributed by atoms with Gasteiger partial charge in [0.05, 0.1) is 6.04 Å². The summed E-state index contributed by atoms with van der Waals surface area (Å²) in [5.74, 6) is 1.02. The topological polar surface area (TPSA) is 44.8 Å². The first-order chi connectivity index (χ1) is 9.43. The van der Waals surface area contributed by atoms with Gasteiger partial charge in [0, 0.05) is 6.54 Å². The number of likely N-dealkylation sites (tertiary alicyclic amines) is 1. The van der Waals surface area contributed by atoms with Crippen molar-refractivity contribution < 1.29 is 0 Å². The number of hydrogen-bond donors (Lipinski definition) is 1. The highest BCUT2D eigenvalue weighted by atomic mass is 15.3. The Morgan fingerprint density at radius 2 is 2.11 bits per heavy atom. The summed E-state index contributed by atoms with van der Waals surface area (Å²) in [4.78, 5) is 6.88. The molecule has 100 valence electrons. The Morgan fingerprint density at radius 1 is 1.21 bits per heavy atom. The number of piperidine rings is 1. The molecule has 0 spiro atoms. The number of nitrogens with one attached hydrogen (secondary N) is 1. The first-order valence-electron chi connectivity index (χ1n) is 7.07. The highest BCUT2D eigenvalue weighted by Gasteiger charge is 2.25. The monoisotopic (exact) mass is 256 g/mol. The third-order valence-corrected chi connectivity index (χ3v) is 3.89. The molecule has 4 nitrogen and oxygen atoms in total. The van der Waals surface area contributed by atoms with Gasteiger partial charge in [-0.15, -0.1) is 0 Å². The third kappa shape index (κ3) is 3.01. The molecule has 1 saturated heterocycles. The zero-order valence-corrected chi connectivity index (χ0v) is 11.1. The summed E-state index contributed by atoms with van der Waals surface area (Å²) in [7, 11) is 0. The maximum atomic E-state index is 4.34. The van der Waals surface area contributed by atoms with Crippen molar-refractivity contribution in [2.24, 2.45) is 0 Å². The fourth-order valence-electron chi connectivity index (χ4n) is 2.86. The van der Waals surface area contributed by atoms with Gasteiger partial charge in [0.1, 0.15) is 12.2 Å². The van der Waals surface area contributed by atoms with E-state index in [-0.39, 0.29) is 0 Å². The van der Waals surface area contributed by atoms with Crippen LogP contribution >= 0.6 is 0 Å². The lowest BCUT2D eigenvalue weighted by Crippen LogP contribution is -2.35. The van der Waals surface area contributed by atoms with Crippen LogP contribution in [0.15, 0.2) is 36.7 Å². The summed E-state index contributed by atoms with van der Waals surface area (Å²) in [5, 5.41) is 7.02. The van der Waals surface area contributed by atoms with Crippen LogP contribution in [0, 0.1) is 0 Å². The number of aromatic amines is 1. The van der Waals surface area contributed by atoms with Crippen molar-refractivity contribution in [1.29, 1.82) is 0 Å². The van der Waals surface area contributed by atoms with Crippen LogP contribution < -0.4 is 0 Å². The quantitative estimate of drug-likeness (QED) is 0.914. The van der Waals surface area contributed by atoms with E-state index in [9.17, 15) is 0 Å². The summed E-state index contributed by atoms with van der Waals surface area (Å²) in [6.45, 7) is 2.26. The van der Waals surface area contributed by atoms with Gasteiger partial charge < -0.3 is 0 Å². The molecule has 1 N–H and O–H groups in total. The van der Waals surface area contributed by atoms with Gasteiger partial charge in [-0.1, -0.05) is 36.8 Å². The second kappa shape index (κ2) is 5.97. The molecule has 1 aromatic carbocycles. The van der Waals surface area contributed by atoms with Gasteiger partial charge in [0.25, 0.3) is 0 Å². The molecule has 0 radical (unpaired) electrons. The predicted octanol–water partition coefficient (Wildman–Crippen LogP) is 2.57. The number of aromatic nitrogens is 3. The molecule has 1 fully saturated rings. The normalized spacial score (nSPS) is 20.5. The minimum absolute atomic E-state index is 0.417. The van der Waals surface area contributed by atoms with E-state index in [1.807, 2.05) is 0 Å². The van der Waals surface area contributed by atoms with E-state index in [0.717, 1.165) is 25.3 Å². The Kier molecular flexibility index (Phi) is 3.89. The summed E-state index contributed by atoms with van der Waals surface area (Å²) in [6.07, 6.45) is 6.47. The van der Waals surface area contributed by atoms with E-state index in [4.69, 9.17) is 0 Å². The zero-order chi connectivity index (χ0) is 12.9. The van der Waals surface area contributed by atoms with Crippen LogP contribution in [-0.4, -0.2) is 33.2 Å². The largest absolute Gasteiger partial charge is 0.293 e. The molecular weight excluding hydrogens is 236 g/mol. The highest BCUT2D eigenvalue weighted by molar-refractivity contribution is 5.15. The van der Waals surface area contributed by atoms with E-state index in [2.05, 4.69) is 50.4 Å². The van der Waals surface area contributed by atoms with Gasteiger partial charge in [-0.25, -0.2) is 4.98 Å². The molecule has 2 heterocycles. The van der Waals surface area contributed by atoms with Crippen molar-refractivity contribution in [3.8, 4) is 0 Å². The molecule has 0 amide bonds. The van der Waals surface area contributed by atoms with Crippen molar-refractivity contribution in [1.82, 2.24) is 20.1 Å².